The Balaban J connectivity index is 1.42. The molecule has 1 fully saturated rings. The van der Waals surface area contributed by atoms with Crippen molar-refractivity contribution in [1.82, 2.24) is 14.8 Å². The van der Waals surface area contributed by atoms with Gasteiger partial charge < -0.3 is 0 Å². The van der Waals surface area contributed by atoms with E-state index in [0.29, 0.717) is 17.8 Å². The minimum absolute atomic E-state index is 0.164. The average Bonchev–Trinajstić information content (AvgIpc) is 3.35. The van der Waals surface area contributed by atoms with E-state index in [1.807, 2.05) is 18.2 Å². The molecule has 0 radical (unpaired) electrons. The van der Waals surface area contributed by atoms with Gasteiger partial charge in [0.1, 0.15) is 5.01 Å². The van der Waals surface area contributed by atoms with Crippen molar-refractivity contribution in [2.75, 3.05) is 13.2 Å². The van der Waals surface area contributed by atoms with Gasteiger partial charge in [-0.15, -0.1) is 11.3 Å². The van der Waals surface area contributed by atoms with E-state index in [0.717, 1.165) is 29.9 Å². The molecule has 0 spiro atoms. The monoisotopic (exact) mass is 363 g/mol. The highest BCUT2D eigenvalue weighted by Crippen LogP contribution is 2.37. The summed E-state index contributed by atoms with van der Waals surface area (Å²) in [6, 6.07) is 15.3. The number of thiazole rings is 1. The summed E-state index contributed by atoms with van der Waals surface area (Å²) in [6.07, 6.45) is 2.05. The molecule has 5 nitrogen and oxygen atoms in total. The molecule has 2 aromatic carbocycles. The Labute approximate surface area is 154 Å². The molecule has 0 bridgehead atoms. The second-order valence-electron chi connectivity index (χ2n) is 6.72. The van der Waals surface area contributed by atoms with Crippen molar-refractivity contribution in [3.05, 3.63) is 64.7 Å². The minimum atomic E-state index is -0.194. The highest BCUT2D eigenvalue weighted by molar-refractivity contribution is 7.18. The third-order valence-corrected chi connectivity index (χ3v) is 6.30. The van der Waals surface area contributed by atoms with Gasteiger partial charge in [-0.1, -0.05) is 24.3 Å². The molecule has 0 saturated carbocycles. The number of amides is 2. The predicted octanol–water partition coefficient (Wildman–Crippen LogP) is 3.69. The minimum Gasteiger partial charge on any atom is -0.276 e. The predicted molar refractivity (Wildman–Crippen MR) is 100 cm³/mol. The van der Waals surface area contributed by atoms with Gasteiger partial charge in [-0.05, 0) is 37.1 Å². The third kappa shape index (κ3) is 2.37. The summed E-state index contributed by atoms with van der Waals surface area (Å²) in [6.45, 7) is 1.20. The lowest BCUT2D eigenvalue weighted by Gasteiger charge is -2.27. The number of hydrogen-bond acceptors (Lipinski definition) is 5. The number of fused-ring (bicyclic) bond motifs is 2. The van der Waals surface area contributed by atoms with Gasteiger partial charge in [0, 0.05) is 6.54 Å². The lowest BCUT2D eigenvalue weighted by Crippen LogP contribution is -2.40. The Morgan fingerprint density at radius 3 is 2.42 bits per heavy atom. The Kier molecular flexibility index (Phi) is 3.62. The van der Waals surface area contributed by atoms with E-state index >= 15 is 0 Å². The molecule has 0 aliphatic carbocycles. The Morgan fingerprint density at radius 1 is 1.00 bits per heavy atom. The van der Waals surface area contributed by atoms with Crippen LogP contribution in [0.1, 0.15) is 44.6 Å². The zero-order chi connectivity index (χ0) is 17.7. The Morgan fingerprint density at radius 2 is 1.69 bits per heavy atom. The van der Waals surface area contributed by atoms with Crippen LogP contribution >= 0.6 is 11.3 Å². The van der Waals surface area contributed by atoms with Crippen molar-refractivity contribution >= 4 is 33.4 Å². The molecule has 2 aliphatic heterocycles. The first-order chi connectivity index (χ1) is 12.7. The highest BCUT2D eigenvalue weighted by Gasteiger charge is 2.38. The Hall–Kier alpha value is -2.57. The molecule has 2 aliphatic rings. The van der Waals surface area contributed by atoms with Crippen LogP contribution in [-0.4, -0.2) is 39.8 Å². The first kappa shape index (κ1) is 15.7. The third-order valence-electron chi connectivity index (χ3n) is 5.16. The number of hydrogen-bond donors (Lipinski definition) is 0. The fourth-order valence-electron chi connectivity index (χ4n) is 3.86. The number of para-hydroxylation sites is 1. The molecule has 5 rings (SSSR count). The Bertz CT molecular complexity index is 961. The molecule has 6 heteroatoms. The number of imide groups is 1. The van der Waals surface area contributed by atoms with Crippen LogP contribution in [0.5, 0.6) is 0 Å². The van der Waals surface area contributed by atoms with Crippen molar-refractivity contribution in [3.63, 3.8) is 0 Å². The smallest absolute Gasteiger partial charge is 0.262 e. The quantitative estimate of drug-likeness (QED) is 0.666. The van der Waals surface area contributed by atoms with Crippen LogP contribution in [0.15, 0.2) is 48.5 Å². The normalized spacial score (nSPS) is 20.3. The molecular weight excluding hydrogens is 346 g/mol. The van der Waals surface area contributed by atoms with Gasteiger partial charge in [-0.2, -0.15) is 0 Å². The zero-order valence-electron chi connectivity index (χ0n) is 14.1. The van der Waals surface area contributed by atoms with Crippen LogP contribution in [0.2, 0.25) is 0 Å². The van der Waals surface area contributed by atoms with Gasteiger partial charge in [0.05, 0.1) is 34.1 Å². The number of benzene rings is 2. The van der Waals surface area contributed by atoms with Crippen molar-refractivity contribution < 1.29 is 9.59 Å². The molecule has 2 amide bonds. The second kappa shape index (κ2) is 6.00. The van der Waals surface area contributed by atoms with Gasteiger partial charge in [-0.3, -0.25) is 19.4 Å². The maximum absolute atomic E-state index is 12.6. The first-order valence-corrected chi connectivity index (χ1v) is 9.59. The molecule has 26 heavy (non-hydrogen) atoms. The van der Waals surface area contributed by atoms with Crippen LogP contribution in [0.3, 0.4) is 0 Å². The fourth-order valence-corrected chi connectivity index (χ4v) is 4.99. The van der Waals surface area contributed by atoms with Gasteiger partial charge >= 0.3 is 0 Å². The molecule has 0 N–H and O–H groups in total. The van der Waals surface area contributed by atoms with Crippen LogP contribution in [0, 0.1) is 0 Å². The lowest BCUT2D eigenvalue weighted by atomic mass is 10.1. The van der Waals surface area contributed by atoms with E-state index in [-0.39, 0.29) is 17.9 Å². The van der Waals surface area contributed by atoms with Crippen molar-refractivity contribution in [2.24, 2.45) is 0 Å². The average molecular weight is 363 g/mol. The second-order valence-corrected chi connectivity index (χ2v) is 7.78. The summed E-state index contributed by atoms with van der Waals surface area (Å²) in [4.78, 5) is 33.7. The van der Waals surface area contributed by atoms with E-state index in [2.05, 4.69) is 11.0 Å². The molecular formula is C20H17N3O2S. The summed E-state index contributed by atoms with van der Waals surface area (Å²) in [5.41, 5.74) is 2.03. The molecule has 1 atom stereocenters. The highest BCUT2D eigenvalue weighted by atomic mass is 32.1. The van der Waals surface area contributed by atoms with E-state index in [9.17, 15) is 9.59 Å². The summed E-state index contributed by atoms with van der Waals surface area (Å²) in [5, 5.41) is 1.07. The molecule has 1 aromatic heterocycles. The van der Waals surface area contributed by atoms with Crippen LogP contribution < -0.4 is 0 Å². The van der Waals surface area contributed by atoms with Gasteiger partial charge in [0.25, 0.3) is 11.8 Å². The largest absolute Gasteiger partial charge is 0.276 e. The van der Waals surface area contributed by atoms with E-state index in [4.69, 9.17) is 4.98 Å². The zero-order valence-corrected chi connectivity index (χ0v) is 14.9. The molecule has 3 heterocycles. The number of aromatic nitrogens is 1. The number of carbonyl (C=O) groups is 2. The summed E-state index contributed by atoms with van der Waals surface area (Å²) < 4.78 is 1.18. The van der Waals surface area contributed by atoms with Crippen molar-refractivity contribution in [2.45, 2.75) is 18.9 Å². The van der Waals surface area contributed by atoms with Gasteiger partial charge in [0.15, 0.2) is 0 Å². The summed E-state index contributed by atoms with van der Waals surface area (Å²) in [7, 11) is 0. The molecule has 1 saturated heterocycles. The SMILES string of the molecule is O=C1c2ccccc2C(=O)N1CN1CCC[C@@H]1c1nc2ccccc2s1. The van der Waals surface area contributed by atoms with Crippen LogP contribution in [-0.2, 0) is 0 Å². The number of carbonyl (C=O) groups excluding carboxylic acids is 2. The van der Waals surface area contributed by atoms with Crippen LogP contribution in [0.4, 0.5) is 0 Å². The molecule has 0 unspecified atom stereocenters. The molecule has 3 aromatic rings. The lowest BCUT2D eigenvalue weighted by molar-refractivity contribution is 0.0526. The molecule has 130 valence electrons. The van der Waals surface area contributed by atoms with Gasteiger partial charge in [-0.25, -0.2) is 4.98 Å². The van der Waals surface area contributed by atoms with E-state index in [1.165, 1.54) is 9.60 Å². The standard InChI is InChI=1S/C20H17N3O2S/c24-19-13-6-1-2-7-14(13)20(25)23(19)12-22-11-5-9-16(22)18-21-15-8-3-4-10-17(15)26-18/h1-4,6-8,10,16H,5,9,11-12H2/t16-/m1/s1. The maximum Gasteiger partial charge on any atom is 0.262 e. The first-order valence-electron chi connectivity index (χ1n) is 8.77. The van der Waals surface area contributed by atoms with E-state index in [1.54, 1.807) is 35.6 Å². The van der Waals surface area contributed by atoms with Crippen LogP contribution in [0.25, 0.3) is 10.2 Å². The van der Waals surface area contributed by atoms with E-state index < -0.39 is 0 Å². The number of likely N-dealkylation sites (tertiary alicyclic amines) is 1. The summed E-state index contributed by atoms with van der Waals surface area (Å²) >= 11 is 1.70. The maximum atomic E-state index is 12.6. The van der Waals surface area contributed by atoms with Crippen molar-refractivity contribution in [1.29, 1.82) is 0 Å². The van der Waals surface area contributed by atoms with Crippen molar-refractivity contribution in [3.8, 4) is 0 Å². The number of nitrogens with zero attached hydrogens (tertiary/aromatic N) is 3. The summed E-state index contributed by atoms with van der Waals surface area (Å²) in [5.74, 6) is -0.388. The topological polar surface area (TPSA) is 53.5 Å². The van der Waals surface area contributed by atoms with Gasteiger partial charge in [0.2, 0.25) is 0 Å². The fraction of sp³-hybridized carbons (Fsp3) is 0.250. The number of rotatable bonds is 3.